The van der Waals surface area contributed by atoms with Gasteiger partial charge in [-0.1, -0.05) is 60.1 Å². The number of rotatable bonds is 6. The van der Waals surface area contributed by atoms with E-state index in [1.54, 1.807) is 13.3 Å². The van der Waals surface area contributed by atoms with Gasteiger partial charge in [-0.25, -0.2) is 4.98 Å². The maximum atomic E-state index is 5.95. The molecule has 0 fully saturated rings. The van der Waals surface area contributed by atoms with Gasteiger partial charge in [0.2, 0.25) is 5.13 Å². The number of hydrogen-bond acceptors (Lipinski definition) is 5. The molecule has 0 radical (unpaired) electrons. The number of halogens is 1. The van der Waals surface area contributed by atoms with Crippen molar-refractivity contribution in [2.24, 2.45) is 5.10 Å². The van der Waals surface area contributed by atoms with E-state index in [-0.39, 0.29) is 0 Å². The van der Waals surface area contributed by atoms with Crippen LogP contribution in [-0.2, 0) is 0 Å². The summed E-state index contributed by atoms with van der Waals surface area (Å²) in [6, 6.07) is 23.9. The molecule has 3 aromatic carbocycles. The molecule has 0 saturated carbocycles. The molecule has 0 saturated heterocycles. The molecule has 4 nitrogen and oxygen atoms in total. The first-order chi connectivity index (χ1) is 14.2. The zero-order chi connectivity index (χ0) is 20.1. The van der Waals surface area contributed by atoms with Crippen LogP contribution in [0.5, 0.6) is 5.75 Å². The summed E-state index contributed by atoms with van der Waals surface area (Å²) in [7, 11) is 1.65. The minimum Gasteiger partial charge on any atom is -0.496 e. The molecule has 6 heteroatoms. The summed E-state index contributed by atoms with van der Waals surface area (Å²) in [6.07, 6.45) is 1.74. The average molecular weight is 420 g/mol. The zero-order valence-electron chi connectivity index (χ0n) is 15.7. The Morgan fingerprint density at radius 1 is 0.966 bits per heavy atom. The molecule has 1 aromatic heterocycles. The molecule has 0 unspecified atom stereocenters. The number of thiazole rings is 1. The number of hydrazone groups is 1. The molecule has 0 bridgehead atoms. The van der Waals surface area contributed by atoms with Crippen LogP contribution < -0.4 is 10.2 Å². The minimum atomic E-state index is 0.707. The lowest BCUT2D eigenvalue weighted by molar-refractivity contribution is 0.414. The van der Waals surface area contributed by atoms with Crippen molar-refractivity contribution < 1.29 is 4.74 Å². The first-order valence-electron chi connectivity index (χ1n) is 8.97. The first kappa shape index (κ1) is 19.2. The summed E-state index contributed by atoms with van der Waals surface area (Å²) in [5.74, 6) is 0.760. The summed E-state index contributed by atoms with van der Waals surface area (Å²) in [4.78, 5) is 4.57. The fourth-order valence-corrected chi connectivity index (χ4v) is 3.68. The number of nitrogens with zero attached hydrogens (tertiary/aromatic N) is 2. The van der Waals surface area contributed by atoms with Crippen LogP contribution in [0.1, 0.15) is 5.56 Å². The molecule has 4 rings (SSSR count). The maximum Gasteiger partial charge on any atom is 0.203 e. The third kappa shape index (κ3) is 4.65. The molecule has 0 amide bonds. The monoisotopic (exact) mass is 419 g/mol. The number of aromatic nitrogens is 1. The van der Waals surface area contributed by atoms with Crippen LogP contribution >= 0.6 is 22.9 Å². The van der Waals surface area contributed by atoms with Crippen LogP contribution in [-0.4, -0.2) is 18.3 Å². The number of ether oxygens (including phenoxy) is 1. The van der Waals surface area contributed by atoms with Gasteiger partial charge in [-0.3, -0.25) is 5.43 Å². The van der Waals surface area contributed by atoms with Crippen molar-refractivity contribution in [1.82, 2.24) is 4.98 Å². The number of nitrogens with one attached hydrogen (secondary N) is 1. The van der Waals surface area contributed by atoms with Crippen molar-refractivity contribution in [3.8, 4) is 28.1 Å². The highest BCUT2D eigenvalue weighted by Crippen LogP contribution is 2.27. The van der Waals surface area contributed by atoms with E-state index in [1.165, 1.54) is 11.3 Å². The second-order valence-corrected chi connectivity index (χ2v) is 7.53. The summed E-state index contributed by atoms with van der Waals surface area (Å²) in [6.45, 7) is 0. The van der Waals surface area contributed by atoms with E-state index in [0.29, 0.717) is 10.2 Å². The Labute approximate surface area is 178 Å². The Morgan fingerprint density at radius 3 is 2.48 bits per heavy atom. The predicted molar refractivity (Wildman–Crippen MR) is 122 cm³/mol. The summed E-state index contributed by atoms with van der Waals surface area (Å²) < 4.78 is 5.47. The molecule has 0 aliphatic rings. The van der Waals surface area contributed by atoms with Crippen LogP contribution in [0, 0.1) is 0 Å². The molecule has 0 spiro atoms. The highest BCUT2D eigenvalue weighted by atomic mass is 35.5. The molecule has 1 N–H and O–H groups in total. The van der Waals surface area contributed by atoms with Crippen LogP contribution in [0.4, 0.5) is 5.13 Å². The molecular weight excluding hydrogens is 402 g/mol. The van der Waals surface area contributed by atoms with E-state index in [1.807, 2.05) is 60.0 Å². The van der Waals surface area contributed by atoms with E-state index in [9.17, 15) is 0 Å². The number of methoxy groups -OCH3 is 1. The summed E-state index contributed by atoms with van der Waals surface area (Å²) in [5, 5.41) is 7.75. The van der Waals surface area contributed by atoms with Gasteiger partial charge in [-0.05, 0) is 35.4 Å². The van der Waals surface area contributed by atoms with Gasteiger partial charge in [-0.15, -0.1) is 11.3 Å². The van der Waals surface area contributed by atoms with Gasteiger partial charge in [0.15, 0.2) is 0 Å². The second kappa shape index (κ2) is 8.90. The first-order valence-corrected chi connectivity index (χ1v) is 10.2. The van der Waals surface area contributed by atoms with E-state index < -0.39 is 0 Å². The fraction of sp³-hybridized carbons (Fsp3) is 0.0435. The van der Waals surface area contributed by atoms with E-state index in [4.69, 9.17) is 16.3 Å². The summed E-state index contributed by atoms with van der Waals surface area (Å²) in [5.41, 5.74) is 8.03. The standard InChI is InChI=1S/C23H18ClN3OS/c1-28-22-12-9-18(16-5-3-2-4-6-16)13-19(22)14-25-27-23-26-21(15-29-23)17-7-10-20(24)11-8-17/h2-15H,1H3,(H,26,27)/b25-14+. The number of hydrogen-bond donors (Lipinski definition) is 1. The number of benzene rings is 3. The average Bonchev–Trinajstić information content (AvgIpc) is 3.24. The molecule has 4 aromatic rings. The van der Waals surface area contributed by atoms with E-state index in [2.05, 4.69) is 33.7 Å². The highest BCUT2D eigenvalue weighted by Gasteiger charge is 2.06. The lowest BCUT2D eigenvalue weighted by Crippen LogP contribution is -1.95. The molecule has 0 aliphatic heterocycles. The minimum absolute atomic E-state index is 0.707. The third-order valence-electron chi connectivity index (χ3n) is 4.34. The van der Waals surface area contributed by atoms with Crippen LogP contribution in [0.15, 0.2) is 83.3 Å². The Morgan fingerprint density at radius 2 is 1.72 bits per heavy atom. The van der Waals surface area contributed by atoms with Gasteiger partial charge in [-0.2, -0.15) is 5.10 Å². The van der Waals surface area contributed by atoms with Gasteiger partial charge in [0.1, 0.15) is 5.75 Å². The van der Waals surface area contributed by atoms with Crippen LogP contribution in [0.3, 0.4) is 0 Å². The molecular formula is C23H18ClN3OS. The fourth-order valence-electron chi connectivity index (χ4n) is 2.88. The van der Waals surface area contributed by atoms with Gasteiger partial charge < -0.3 is 4.74 Å². The van der Waals surface area contributed by atoms with Crippen LogP contribution in [0.2, 0.25) is 5.02 Å². The topological polar surface area (TPSA) is 46.5 Å². The normalized spacial score (nSPS) is 11.0. The largest absolute Gasteiger partial charge is 0.496 e. The van der Waals surface area contributed by atoms with Crippen molar-refractivity contribution >= 4 is 34.3 Å². The molecule has 144 valence electrons. The Hall–Kier alpha value is -3.15. The smallest absolute Gasteiger partial charge is 0.203 e. The Bertz CT molecular complexity index is 1120. The van der Waals surface area contributed by atoms with Gasteiger partial charge in [0, 0.05) is 21.5 Å². The zero-order valence-corrected chi connectivity index (χ0v) is 17.2. The van der Waals surface area contributed by atoms with Crippen molar-refractivity contribution in [2.45, 2.75) is 0 Å². The van der Waals surface area contributed by atoms with Crippen molar-refractivity contribution in [3.05, 3.63) is 88.8 Å². The molecule has 0 atom stereocenters. The van der Waals surface area contributed by atoms with Crippen molar-refractivity contribution in [3.63, 3.8) is 0 Å². The Balaban J connectivity index is 1.51. The Kier molecular flexibility index (Phi) is 5.89. The van der Waals surface area contributed by atoms with Crippen molar-refractivity contribution in [1.29, 1.82) is 0 Å². The maximum absolute atomic E-state index is 5.95. The van der Waals surface area contributed by atoms with Gasteiger partial charge in [0.05, 0.1) is 19.0 Å². The van der Waals surface area contributed by atoms with Crippen molar-refractivity contribution in [2.75, 3.05) is 12.5 Å². The lowest BCUT2D eigenvalue weighted by Gasteiger charge is -2.08. The lowest BCUT2D eigenvalue weighted by atomic mass is 10.0. The predicted octanol–water partition coefficient (Wildman–Crippen LogP) is 6.59. The van der Waals surface area contributed by atoms with Gasteiger partial charge >= 0.3 is 0 Å². The highest BCUT2D eigenvalue weighted by molar-refractivity contribution is 7.14. The molecule has 29 heavy (non-hydrogen) atoms. The number of anilines is 1. The SMILES string of the molecule is COc1ccc(-c2ccccc2)cc1/C=N/Nc1nc(-c2ccc(Cl)cc2)cs1. The molecule has 1 heterocycles. The third-order valence-corrected chi connectivity index (χ3v) is 5.34. The summed E-state index contributed by atoms with van der Waals surface area (Å²) >= 11 is 7.44. The van der Waals surface area contributed by atoms with Crippen LogP contribution in [0.25, 0.3) is 22.4 Å². The molecule has 0 aliphatic carbocycles. The second-order valence-electron chi connectivity index (χ2n) is 6.24. The van der Waals surface area contributed by atoms with Gasteiger partial charge in [0.25, 0.3) is 0 Å². The quantitative estimate of drug-likeness (QED) is 0.283. The van der Waals surface area contributed by atoms with E-state index >= 15 is 0 Å². The van der Waals surface area contributed by atoms with E-state index in [0.717, 1.165) is 33.7 Å².